The largest absolute Gasteiger partial charge is 0.495 e. The van der Waals surface area contributed by atoms with Gasteiger partial charge in [0, 0.05) is 12.5 Å². The lowest BCUT2D eigenvalue weighted by Crippen LogP contribution is -2.14. The van der Waals surface area contributed by atoms with E-state index in [1.54, 1.807) is 25.4 Å². The molecule has 1 aromatic rings. The van der Waals surface area contributed by atoms with Crippen LogP contribution in [0.5, 0.6) is 5.75 Å². The second-order valence-corrected chi connectivity index (χ2v) is 3.34. The van der Waals surface area contributed by atoms with Crippen LogP contribution in [-0.4, -0.2) is 25.2 Å². The predicted molar refractivity (Wildman–Crippen MR) is 59.0 cm³/mol. The van der Waals surface area contributed by atoms with Crippen molar-refractivity contribution in [3.8, 4) is 5.75 Å². The summed E-state index contributed by atoms with van der Waals surface area (Å²) in [6, 6.07) is 3.33. The van der Waals surface area contributed by atoms with Crippen molar-refractivity contribution in [3.63, 3.8) is 0 Å². The van der Waals surface area contributed by atoms with E-state index in [-0.39, 0.29) is 12.0 Å². The Morgan fingerprint density at radius 2 is 2.25 bits per heavy atom. The lowest BCUT2D eigenvalue weighted by Gasteiger charge is -2.10. The summed E-state index contributed by atoms with van der Waals surface area (Å²) in [7, 11) is 2.94. The monoisotopic (exact) mass is 224 g/mol. The van der Waals surface area contributed by atoms with Gasteiger partial charge in [-0.2, -0.15) is 0 Å². The first-order valence-electron chi connectivity index (χ1n) is 4.99. The van der Waals surface area contributed by atoms with Gasteiger partial charge in [-0.1, -0.05) is 0 Å². The van der Waals surface area contributed by atoms with E-state index in [2.05, 4.69) is 9.72 Å². The maximum absolute atomic E-state index is 10.9. The maximum Gasteiger partial charge on any atom is 0.305 e. The van der Waals surface area contributed by atoms with E-state index in [4.69, 9.17) is 10.5 Å². The fraction of sp³-hybridized carbons (Fsp3) is 0.455. The highest BCUT2D eigenvalue weighted by atomic mass is 16.5. The number of hydrogen-bond acceptors (Lipinski definition) is 5. The molecule has 1 unspecified atom stereocenters. The van der Waals surface area contributed by atoms with Crippen LogP contribution in [-0.2, 0) is 9.53 Å². The molecule has 0 aliphatic carbocycles. The molecule has 0 aliphatic rings. The third kappa shape index (κ3) is 3.51. The smallest absolute Gasteiger partial charge is 0.305 e. The lowest BCUT2D eigenvalue weighted by atomic mass is 10.1. The molecule has 88 valence electrons. The minimum atomic E-state index is -0.260. The number of aromatic nitrogens is 1. The average Bonchev–Trinajstić information content (AvgIpc) is 2.35. The number of carbonyl (C=O) groups is 1. The predicted octanol–water partition coefficient (Wildman–Crippen LogP) is 1.04. The topological polar surface area (TPSA) is 74.4 Å². The van der Waals surface area contributed by atoms with Crippen molar-refractivity contribution < 1.29 is 14.3 Å². The number of esters is 1. The quantitative estimate of drug-likeness (QED) is 0.756. The van der Waals surface area contributed by atoms with Gasteiger partial charge in [0.1, 0.15) is 5.75 Å². The van der Waals surface area contributed by atoms with E-state index in [0.717, 1.165) is 5.69 Å². The molecular formula is C11H16N2O3. The van der Waals surface area contributed by atoms with Crippen LogP contribution in [0.3, 0.4) is 0 Å². The summed E-state index contributed by atoms with van der Waals surface area (Å²) in [4.78, 5) is 15.1. The molecule has 0 saturated heterocycles. The van der Waals surface area contributed by atoms with Crippen LogP contribution in [0.1, 0.15) is 24.6 Å². The zero-order chi connectivity index (χ0) is 12.0. The molecule has 0 spiro atoms. The van der Waals surface area contributed by atoms with Crippen LogP contribution in [0.4, 0.5) is 0 Å². The van der Waals surface area contributed by atoms with E-state index in [1.807, 2.05) is 0 Å². The Balaban J connectivity index is 2.52. The van der Waals surface area contributed by atoms with Crippen LogP contribution >= 0.6 is 0 Å². The summed E-state index contributed by atoms with van der Waals surface area (Å²) in [6.07, 6.45) is 2.42. The number of nitrogens with zero attached hydrogens (tertiary/aromatic N) is 1. The van der Waals surface area contributed by atoms with Crippen LogP contribution in [0.2, 0.25) is 0 Å². The molecule has 1 rings (SSSR count). The Hall–Kier alpha value is -1.62. The molecule has 0 aliphatic heterocycles. The molecule has 16 heavy (non-hydrogen) atoms. The van der Waals surface area contributed by atoms with Crippen molar-refractivity contribution in [2.75, 3.05) is 14.2 Å². The van der Waals surface area contributed by atoms with Crippen molar-refractivity contribution >= 4 is 5.97 Å². The molecule has 5 heteroatoms. The highest BCUT2D eigenvalue weighted by Crippen LogP contribution is 2.16. The summed E-state index contributed by atoms with van der Waals surface area (Å²) in [5.41, 5.74) is 6.62. The van der Waals surface area contributed by atoms with Gasteiger partial charge in [0.05, 0.1) is 26.1 Å². The highest BCUT2D eigenvalue weighted by molar-refractivity contribution is 5.69. The van der Waals surface area contributed by atoms with Crippen molar-refractivity contribution in [1.29, 1.82) is 0 Å². The summed E-state index contributed by atoms with van der Waals surface area (Å²) >= 11 is 0. The van der Waals surface area contributed by atoms with Crippen molar-refractivity contribution in [3.05, 3.63) is 24.0 Å². The second kappa shape index (κ2) is 6.07. The molecule has 0 radical (unpaired) electrons. The number of methoxy groups -OCH3 is 2. The first-order valence-corrected chi connectivity index (χ1v) is 4.99. The maximum atomic E-state index is 10.9. The highest BCUT2D eigenvalue weighted by Gasteiger charge is 2.10. The number of pyridine rings is 1. The summed E-state index contributed by atoms with van der Waals surface area (Å²) in [5.74, 6) is 0.424. The van der Waals surface area contributed by atoms with Crippen molar-refractivity contribution in [2.45, 2.75) is 18.9 Å². The summed E-state index contributed by atoms with van der Waals surface area (Å²) < 4.78 is 9.53. The number of hydrogen-bond donors (Lipinski definition) is 1. The molecule has 1 aromatic heterocycles. The van der Waals surface area contributed by atoms with Gasteiger partial charge in [0.2, 0.25) is 0 Å². The number of ether oxygens (including phenoxy) is 2. The van der Waals surface area contributed by atoms with E-state index < -0.39 is 0 Å². The standard InChI is InChI=1S/C11H16N2O3/c1-15-8-3-5-10(13-7-8)9(12)4-6-11(14)16-2/h3,5,7,9H,4,6,12H2,1-2H3. The molecule has 0 aromatic carbocycles. The molecule has 1 atom stereocenters. The fourth-order valence-corrected chi connectivity index (χ4v) is 1.26. The Labute approximate surface area is 94.6 Å². The van der Waals surface area contributed by atoms with Crippen LogP contribution < -0.4 is 10.5 Å². The normalized spacial score (nSPS) is 11.9. The Morgan fingerprint density at radius 1 is 1.50 bits per heavy atom. The van der Waals surface area contributed by atoms with Gasteiger partial charge >= 0.3 is 5.97 Å². The Bertz CT molecular complexity index is 338. The summed E-state index contributed by atoms with van der Waals surface area (Å²) in [6.45, 7) is 0. The first kappa shape index (κ1) is 12.4. The van der Waals surface area contributed by atoms with Gasteiger partial charge in [0.25, 0.3) is 0 Å². The van der Waals surface area contributed by atoms with E-state index in [9.17, 15) is 4.79 Å². The van der Waals surface area contributed by atoms with Crippen LogP contribution in [0, 0.1) is 0 Å². The minimum absolute atomic E-state index is 0.259. The third-order valence-corrected chi connectivity index (χ3v) is 2.26. The molecule has 0 saturated carbocycles. The van der Waals surface area contributed by atoms with Crippen molar-refractivity contribution in [1.82, 2.24) is 4.98 Å². The summed E-state index contributed by atoms with van der Waals surface area (Å²) in [5, 5.41) is 0. The van der Waals surface area contributed by atoms with E-state index >= 15 is 0 Å². The van der Waals surface area contributed by atoms with Gasteiger partial charge in [-0.25, -0.2) is 0 Å². The van der Waals surface area contributed by atoms with Gasteiger partial charge in [-0.15, -0.1) is 0 Å². The zero-order valence-corrected chi connectivity index (χ0v) is 9.47. The number of nitrogens with two attached hydrogens (primary N) is 1. The van der Waals surface area contributed by atoms with E-state index in [0.29, 0.717) is 18.6 Å². The van der Waals surface area contributed by atoms with Crippen LogP contribution in [0.15, 0.2) is 18.3 Å². The fourth-order valence-electron chi connectivity index (χ4n) is 1.26. The van der Waals surface area contributed by atoms with Gasteiger partial charge in [-0.3, -0.25) is 9.78 Å². The number of carbonyl (C=O) groups excluding carboxylic acids is 1. The first-order chi connectivity index (χ1) is 7.67. The molecule has 0 amide bonds. The van der Waals surface area contributed by atoms with Gasteiger partial charge in [-0.05, 0) is 18.6 Å². The Kier molecular flexibility index (Phi) is 4.72. The Morgan fingerprint density at radius 3 is 2.75 bits per heavy atom. The number of rotatable bonds is 5. The van der Waals surface area contributed by atoms with Gasteiger partial charge in [0.15, 0.2) is 0 Å². The van der Waals surface area contributed by atoms with E-state index in [1.165, 1.54) is 7.11 Å². The molecule has 1 heterocycles. The molecule has 0 fully saturated rings. The zero-order valence-electron chi connectivity index (χ0n) is 9.47. The second-order valence-electron chi connectivity index (χ2n) is 3.34. The molecule has 0 bridgehead atoms. The lowest BCUT2D eigenvalue weighted by molar-refractivity contribution is -0.140. The molecule has 5 nitrogen and oxygen atoms in total. The van der Waals surface area contributed by atoms with Gasteiger partial charge < -0.3 is 15.2 Å². The molecular weight excluding hydrogens is 208 g/mol. The van der Waals surface area contributed by atoms with Crippen LogP contribution in [0.25, 0.3) is 0 Å². The minimum Gasteiger partial charge on any atom is -0.495 e. The van der Waals surface area contributed by atoms with Crippen molar-refractivity contribution in [2.24, 2.45) is 5.73 Å². The third-order valence-electron chi connectivity index (χ3n) is 2.26. The molecule has 2 N–H and O–H groups in total. The average molecular weight is 224 g/mol. The SMILES string of the molecule is COC(=O)CCC(N)c1ccc(OC)cn1.